The lowest BCUT2D eigenvalue weighted by Crippen LogP contribution is -2.31. The van der Waals surface area contributed by atoms with E-state index in [2.05, 4.69) is 9.97 Å². The predicted octanol–water partition coefficient (Wildman–Crippen LogP) is 5.14. The van der Waals surface area contributed by atoms with Gasteiger partial charge in [-0.25, -0.2) is 23.1 Å². The van der Waals surface area contributed by atoms with Gasteiger partial charge in [0, 0.05) is 48.9 Å². The highest BCUT2D eigenvalue weighted by Crippen LogP contribution is 2.31. The van der Waals surface area contributed by atoms with E-state index >= 15 is 0 Å². The number of fused-ring (bicyclic) bond motifs is 1. The van der Waals surface area contributed by atoms with Gasteiger partial charge < -0.3 is 0 Å². The molecule has 2 aromatic carbocycles. The van der Waals surface area contributed by atoms with Crippen LogP contribution in [0.4, 0.5) is 26.3 Å². The molecule has 1 aliphatic rings. The number of hydrogen-bond donors (Lipinski definition) is 0. The summed E-state index contributed by atoms with van der Waals surface area (Å²) in [5, 5.41) is 0. The summed E-state index contributed by atoms with van der Waals surface area (Å²) in [5.41, 5.74) is 1.32. The van der Waals surface area contributed by atoms with Crippen LogP contribution in [0.1, 0.15) is 22.4 Å². The molecule has 0 unspecified atom stereocenters. The lowest BCUT2D eigenvalue weighted by molar-refractivity contribution is -0.137. The van der Waals surface area contributed by atoms with E-state index in [0.717, 1.165) is 29.5 Å². The predicted molar refractivity (Wildman–Crippen MR) is 96.6 cm³/mol. The lowest BCUT2D eigenvalue weighted by atomic mass is 10.0. The van der Waals surface area contributed by atoms with E-state index in [0.29, 0.717) is 30.9 Å². The molecule has 0 atom stereocenters. The topological polar surface area (TPSA) is 29.0 Å². The largest absolute Gasteiger partial charge is 0.416 e. The zero-order valence-electron chi connectivity index (χ0n) is 15.5. The van der Waals surface area contributed by atoms with Crippen LogP contribution >= 0.6 is 0 Å². The molecule has 0 bridgehead atoms. The van der Waals surface area contributed by atoms with Crippen molar-refractivity contribution in [2.45, 2.75) is 25.7 Å². The van der Waals surface area contributed by atoms with Gasteiger partial charge in [0.2, 0.25) is 0 Å². The quantitative estimate of drug-likeness (QED) is 0.432. The number of rotatable bonds is 3. The molecule has 0 saturated heterocycles. The molecule has 3 aromatic rings. The number of benzene rings is 2. The van der Waals surface area contributed by atoms with E-state index < -0.39 is 29.2 Å². The first-order valence-corrected chi connectivity index (χ1v) is 9.09. The number of nitrogens with zero attached hydrogens (tertiary/aromatic N) is 3. The van der Waals surface area contributed by atoms with Gasteiger partial charge in [-0.1, -0.05) is 18.2 Å². The zero-order chi connectivity index (χ0) is 21.5. The Kier molecular flexibility index (Phi) is 5.23. The van der Waals surface area contributed by atoms with Gasteiger partial charge in [-0.15, -0.1) is 0 Å². The van der Waals surface area contributed by atoms with Crippen LogP contribution in [0.15, 0.2) is 42.6 Å². The highest BCUT2D eigenvalue weighted by atomic mass is 19.4. The van der Waals surface area contributed by atoms with E-state index in [4.69, 9.17) is 0 Å². The first-order chi connectivity index (χ1) is 14.2. The van der Waals surface area contributed by atoms with Crippen LogP contribution in [0.25, 0.3) is 11.4 Å². The molecular formula is C21H15F6N3. The molecule has 1 aromatic heterocycles. The van der Waals surface area contributed by atoms with Gasteiger partial charge in [-0.2, -0.15) is 13.2 Å². The monoisotopic (exact) mass is 423 g/mol. The Balaban J connectivity index is 1.50. The molecule has 2 heterocycles. The fraction of sp³-hybridized carbons (Fsp3) is 0.238. The average Bonchev–Trinajstić information content (AvgIpc) is 2.73. The molecule has 0 saturated carbocycles. The number of halogens is 6. The van der Waals surface area contributed by atoms with E-state index in [1.165, 1.54) is 18.2 Å². The van der Waals surface area contributed by atoms with E-state index in [-0.39, 0.29) is 12.1 Å². The Morgan fingerprint density at radius 2 is 1.67 bits per heavy atom. The molecular weight excluding hydrogens is 408 g/mol. The van der Waals surface area contributed by atoms with Crippen LogP contribution in [-0.2, 0) is 25.7 Å². The third-order valence-electron chi connectivity index (χ3n) is 4.99. The van der Waals surface area contributed by atoms with E-state index in [9.17, 15) is 26.3 Å². The van der Waals surface area contributed by atoms with Gasteiger partial charge in [0.25, 0.3) is 0 Å². The molecule has 0 fully saturated rings. The highest BCUT2D eigenvalue weighted by molar-refractivity contribution is 5.56. The van der Waals surface area contributed by atoms with Gasteiger partial charge in [-0.3, -0.25) is 4.90 Å². The van der Waals surface area contributed by atoms with Crippen LogP contribution < -0.4 is 0 Å². The smallest absolute Gasteiger partial charge is 0.294 e. The Bertz CT molecular complexity index is 1080. The molecule has 0 N–H and O–H groups in total. The van der Waals surface area contributed by atoms with Gasteiger partial charge in [0.1, 0.15) is 0 Å². The summed E-state index contributed by atoms with van der Waals surface area (Å²) in [4.78, 5) is 10.6. The summed E-state index contributed by atoms with van der Waals surface area (Å²) in [5.74, 6) is -3.60. The van der Waals surface area contributed by atoms with Crippen molar-refractivity contribution in [2.24, 2.45) is 0 Å². The summed E-state index contributed by atoms with van der Waals surface area (Å²) in [6.45, 7) is 0.999. The third kappa shape index (κ3) is 4.02. The Labute approximate surface area is 168 Å². The summed E-state index contributed by atoms with van der Waals surface area (Å²) in [7, 11) is 0. The maximum absolute atomic E-state index is 13.9. The van der Waals surface area contributed by atoms with Crippen molar-refractivity contribution in [3.63, 3.8) is 0 Å². The Morgan fingerprint density at radius 1 is 0.933 bits per heavy atom. The van der Waals surface area contributed by atoms with Crippen molar-refractivity contribution >= 4 is 0 Å². The molecule has 9 heteroatoms. The van der Waals surface area contributed by atoms with Crippen molar-refractivity contribution in [3.8, 4) is 11.4 Å². The maximum atomic E-state index is 13.9. The third-order valence-corrected chi connectivity index (χ3v) is 4.99. The Hall–Kier alpha value is -2.94. The number of aromatic nitrogens is 2. The fourth-order valence-electron chi connectivity index (χ4n) is 3.39. The van der Waals surface area contributed by atoms with Gasteiger partial charge in [0.15, 0.2) is 23.3 Å². The molecule has 0 aliphatic carbocycles. The van der Waals surface area contributed by atoms with Crippen LogP contribution in [-0.4, -0.2) is 21.4 Å². The second-order valence-corrected chi connectivity index (χ2v) is 7.04. The highest BCUT2D eigenvalue weighted by Gasteiger charge is 2.30. The lowest BCUT2D eigenvalue weighted by Gasteiger charge is -2.28. The second-order valence-electron chi connectivity index (χ2n) is 7.04. The molecule has 0 amide bonds. The second kappa shape index (κ2) is 7.71. The normalized spacial score (nSPS) is 14.6. The molecule has 4 rings (SSSR count). The standard InChI is InChI=1S/C21H15F6N3/c22-16-6-3-13(18(23)19(16)24)10-30-8-7-17-14(11-30)9-28-20(29-17)12-1-4-15(5-2-12)21(25,26)27/h1-6,9H,7-8,10-11H2. The van der Waals surface area contributed by atoms with Crippen LogP contribution in [0, 0.1) is 17.5 Å². The molecule has 0 radical (unpaired) electrons. The van der Waals surface area contributed by atoms with Crippen molar-refractivity contribution in [1.82, 2.24) is 14.9 Å². The number of hydrogen-bond acceptors (Lipinski definition) is 3. The SMILES string of the molecule is Fc1ccc(CN2CCc3nc(-c4ccc(C(F)(F)F)cc4)ncc3C2)c(F)c1F. The van der Waals surface area contributed by atoms with Crippen molar-refractivity contribution < 1.29 is 26.3 Å². The summed E-state index contributed by atoms with van der Waals surface area (Å²) < 4.78 is 78.6. The molecule has 30 heavy (non-hydrogen) atoms. The first kappa shape index (κ1) is 20.3. The summed E-state index contributed by atoms with van der Waals surface area (Å²) in [6.07, 6.45) is -2.31. The van der Waals surface area contributed by atoms with Gasteiger partial charge >= 0.3 is 6.18 Å². The minimum atomic E-state index is -4.41. The van der Waals surface area contributed by atoms with Crippen molar-refractivity contribution in [1.29, 1.82) is 0 Å². The van der Waals surface area contributed by atoms with Crippen LogP contribution in [0.2, 0.25) is 0 Å². The zero-order valence-corrected chi connectivity index (χ0v) is 15.5. The van der Waals surface area contributed by atoms with Gasteiger partial charge in [0.05, 0.1) is 11.3 Å². The van der Waals surface area contributed by atoms with E-state index in [1.807, 2.05) is 4.90 Å². The molecule has 1 aliphatic heterocycles. The minimum absolute atomic E-state index is 0.0552. The molecule has 3 nitrogen and oxygen atoms in total. The fourth-order valence-corrected chi connectivity index (χ4v) is 3.39. The Morgan fingerprint density at radius 3 is 2.37 bits per heavy atom. The van der Waals surface area contributed by atoms with Crippen molar-refractivity contribution in [2.75, 3.05) is 6.54 Å². The number of alkyl halides is 3. The maximum Gasteiger partial charge on any atom is 0.416 e. The first-order valence-electron chi connectivity index (χ1n) is 9.09. The van der Waals surface area contributed by atoms with Crippen LogP contribution in [0.3, 0.4) is 0 Å². The summed E-state index contributed by atoms with van der Waals surface area (Å²) in [6, 6.07) is 6.72. The average molecular weight is 423 g/mol. The van der Waals surface area contributed by atoms with Crippen molar-refractivity contribution in [3.05, 3.63) is 82.4 Å². The summed E-state index contributed by atoms with van der Waals surface area (Å²) >= 11 is 0. The van der Waals surface area contributed by atoms with E-state index in [1.54, 1.807) is 6.20 Å². The molecule has 0 spiro atoms. The van der Waals surface area contributed by atoms with Crippen LogP contribution in [0.5, 0.6) is 0 Å². The molecule has 156 valence electrons. The van der Waals surface area contributed by atoms with Gasteiger partial charge in [-0.05, 0) is 18.2 Å². The minimum Gasteiger partial charge on any atom is -0.294 e.